The SMILES string of the molecule is CC(C)CC(=O)N1CCC([C@H]2[C@@H](Oc3ccccc3)CN2C(C)C)CC1. The van der Waals surface area contributed by atoms with Crippen LogP contribution in [0.25, 0.3) is 0 Å². The molecule has 2 fully saturated rings. The van der Waals surface area contributed by atoms with Crippen molar-refractivity contribution in [2.45, 2.75) is 65.1 Å². The zero-order chi connectivity index (χ0) is 18.7. The maximum atomic E-state index is 12.3. The van der Waals surface area contributed by atoms with E-state index < -0.39 is 0 Å². The number of hydrogen-bond acceptors (Lipinski definition) is 3. The molecule has 0 bridgehead atoms. The van der Waals surface area contributed by atoms with Gasteiger partial charge < -0.3 is 9.64 Å². The topological polar surface area (TPSA) is 32.8 Å². The van der Waals surface area contributed by atoms with E-state index in [-0.39, 0.29) is 6.10 Å². The first-order valence-corrected chi connectivity index (χ1v) is 10.2. The molecule has 1 amide bonds. The van der Waals surface area contributed by atoms with Gasteiger partial charge in [0.15, 0.2) is 0 Å². The average molecular weight is 359 g/mol. The van der Waals surface area contributed by atoms with Crippen LogP contribution >= 0.6 is 0 Å². The Morgan fingerprint density at radius 3 is 2.35 bits per heavy atom. The van der Waals surface area contributed by atoms with Crippen LogP contribution in [-0.4, -0.2) is 53.5 Å². The summed E-state index contributed by atoms with van der Waals surface area (Å²) in [5, 5.41) is 0. The Balaban J connectivity index is 1.59. The number of rotatable bonds is 6. The van der Waals surface area contributed by atoms with Crippen LogP contribution in [0.2, 0.25) is 0 Å². The second-order valence-corrected chi connectivity index (χ2v) is 8.57. The van der Waals surface area contributed by atoms with Gasteiger partial charge in [0.1, 0.15) is 11.9 Å². The van der Waals surface area contributed by atoms with Crippen LogP contribution in [0.3, 0.4) is 0 Å². The molecule has 4 heteroatoms. The third-order valence-electron chi connectivity index (χ3n) is 5.81. The Kier molecular flexibility index (Phi) is 6.23. The molecule has 2 aliphatic heterocycles. The van der Waals surface area contributed by atoms with Crippen LogP contribution in [0.1, 0.15) is 47.0 Å². The molecule has 0 radical (unpaired) electrons. The van der Waals surface area contributed by atoms with Gasteiger partial charge in [-0.05, 0) is 50.7 Å². The quantitative estimate of drug-likeness (QED) is 0.775. The third kappa shape index (κ3) is 4.40. The Morgan fingerprint density at radius 1 is 1.12 bits per heavy atom. The highest BCUT2D eigenvalue weighted by Gasteiger charge is 2.47. The van der Waals surface area contributed by atoms with Gasteiger partial charge in [0.2, 0.25) is 5.91 Å². The number of piperidine rings is 1. The van der Waals surface area contributed by atoms with Gasteiger partial charge in [0.05, 0.1) is 6.04 Å². The zero-order valence-electron chi connectivity index (χ0n) is 16.7. The van der Waals surface area contributed by atoms with E-state index in [9.17, 15) is 4.79 Å². The van der Waals surface area contributed by atoms with E-state index in [1.54, 1.807) is 0 Å². The fourth-order valence-corrected chi connectivity index (χ4v) is 4.39. The molecular weight excluding hydrogens is 324 g/mol. The predicted molar refractivity (Wildman–Crippen MR) is 105 cm³/mol. The van der Waals surface area contributed by atoms with Gasteiger partial charge >= 0.3 is 0 Å². The number of nitrogens with zero attached hydrogens (tertiary/aromatic N) is 2. The minimum Gasteiger partial charge on any atom is -0.487 e. The van der Waals surface area contributed by atoms with Gasteiger partial charge in [-0.25, -0.2) is 0 Å². The fraction of sp³-hybridized carbons (Fsp3) is 0.682. The number of hydrogen-bond donors (Lipinski definition) is 0. The summed E-state index contributed by atoms with van der Waals surface area (Å²) >= 11 is 0. The molecule has 0 saturated carbocycles. The molecule has 0 aliphatic carbocycles. The standard InChI is InChI=1S/C22H34N2O2/c1-16(2)14-21(25)23-12-10-18(11-13-23)22-20(15-24(22)17(3)4)26-19-8-6-5-7-9-19/h5-9,16-18,20,22H,10-15H2,1-4H3/t20-,22-/m0/s1. The summed E-state index contributed by atoms with van der Waals surface area (Å²) in [5.74, 6) is 2.34. The number of ether oxygens (including phenoxy) is 1. The van der Waals surface area contributed by atoms with Crippen LogP contribution < -0.4 is 4.74 Å². The molecule has 2 saturated heterocycles. The lowest BCUT2D eigenvalue weighted by Crippen LogP contribution is -2.68. The van der Waals surface area contributed by atoms with Crippen molar-refractivity contribution in [1.82, 2.24) is 9.80 Å². The monoisotopic (exact) mass is 358 g/mol. The van der Waals surface area contributed by atoms with Crippen LogP contribution in [-0.2, 0) is 4.79 Å². The molecule has 1 aromatic carbocycles. The molecule has 4 nitrogen and oxygen atoms in total. The molecule has 1 aromatic rings. The summed E-state index contributed by atoms with van der Waals surface area (Å²) in [5.41, 5.74) is 0. The molecule has 3 rings (SSSR count). The first kappa shape index (κ1) is 19.2. The Labute approximate surface area is 158 Å². The van der Waals surface area contributed by atoms with Gasteiger partial charge in [-0.1, -0.05) is 32.0 Å². The van der Waals surface area contributed by atoms with Crippen molar-refractivity contribution >= 4 is 5.91 Å². The second-order valence-electron chi connectivity index (χ2n) is 8.57. The van der Waals surface area contributed by atoms with E-state index in [2.05, 4.69) is 37.5 Å². The summed E-state index contributed by atoms with van der Waals surface area (Å²) in [6.07, 6.45) is 3.12. The van der Waals surface area contributed by atoms with Crippen molar-refractivity contribution in [3.63, 3.8) is 0 Å². The summed E-state index contributed by atoms with van der Waals surface area (Å²) in [6.45, 7) is 11.6. The van der Waals surface area contributed by atoms with Gasteiger partial charge in [-0.3, -0.25) is 9.69 Å². The van der Waals surface area contributed by atoms with Crippen molar-refractivity contribution in [3.05, 3.63) is 30.3 Å². The number of benzene rings is 1. The summed E-state index contributed by atoms with van der Waals surface area (Å²) < 4.78 is 6.30. The molecule has 0 N–H and O–H groups in total. The highest BCUT2D eigenvalue weighted by atomic mass is 16.5. The lowest BCUT2D eigenvalue weighted by atomic mass is 9.79. The highest BCUT2D eigenvalue weighted by Crippen LogP contribution is 2.36. The molecule has 2 atom stereocenters. The number of para-hydroxylation sites is 1. The van der Waals surface area contributed by atoms with E-state index in [0.717, 1.165) is 38.2 Å². The molecule has 0 aromatic heterocycles. The van der Waals surface area contributed by atoms with Crippen LogP contribution in [0.4, 0.5) is 0 Å². The van der Waals surface area contributed by atoms with Crippen LogP contribution in [0, 0.1) is 11.8 Å². The van der Waals surface area contributed by atoms with Crippen molar-refractivity contribution < 1.29 is 9.53 Å². The van der Waals surface area contributed by atoms with Gasteiger partial charge in [-0.2, -0.15) is 0 Å². The highest BCUT2D eigenvalue weighted by molar-refractivity contribution is 5.76. The lowest BCUT2D eigenvalue weighted by molar-refractivity contribution is -0.136. The van der Waals surface area contributed by atoms with Crippen molar-refractivity contribution in [1.29, 1.82) is 0 Å². The van der Waals surface area contributed by atoms with E-state index in [4.69, 9.17) is 4.74 Å². The fourth-order valence-electron chi connectivity index (χ4n) is 4.39. The number of amides is 1. The first-order valence-electron chi connectivity index (χ1n) is 10.2. The molecule has 0 unspecified atom stereocenters. The third-order valence-corrected chi connectivity index (χ3v) is 5.81. The molecule has 26 heavy (non-hydrogen) atoms. The minimum absolute atomic E-state index is 0.266. The molecule has 2 aliphatic rings. The largest absolute Gasteiger partial charge is 0.487 e. The van der Waals surface area contributed by atoms with Gasteiger partial charge in [-0.15, -0.1) is 0 Å². The minimum atomic E-state index is 0.266. The van der Waals surface area contributed by atoms with E-state index in [1.807, 2.05) is 30.3 Å². The summed E-state index contributed by atoms with van der Waals surface area (Å²) in [7, 11) is 0. The number of carbonyl (C=O) groups is 1. The Hall–Kier alpha value is -1.55. The van der Waals surface area contributed by atoms with Crippen molar-refractivity contribution in [2.75, 3.05) is 19.6 Å². The molecule has 2 heterocycles. The molecular formula is C22H34N2O2. The molecule has 144 valence electrons. The number of carbonyl (C=O) groups excluding carboxylic acids is 1. The molecule has 0 spiro atoms. The van der Waals surface area contributed by atoms with Gasteiger partial charge in [0.25, 0.3) is 0 Å². The normalized spacial score (nSPS) is 24.8. The summed E-state index contributed by atoms with van der Waals surface area (Å²) in [6, 6.07) is 11.2. The van der Waals surface area contributed by atoms with E-state index in [1.165, 1.54) is 0 Å². The Morgan fingerprint density at radius 2 is 1.77 bits per heavy atom. The van der Waals surface area contributed by atoms with E-state index in [0.29, 0.717) is 36.2 Å². The lowest BCUT2D eigenvalue weighted by Gasteiger charge is -2.54. The average Bonchev–Trinajstić information content (AvgIpc) is 2.59. The smallest absolute Gasteiger partial charge is 0.222 e. The number of likely N-dealkylation sites (tertiary alicyclic amines) is 2. The maximum Gasteiger partial charge on any atom is 0.222 e. The zero-order valence-corrected chi connectivity index (χ0v) is 16.7. The van der Waals surface area contributed by atoms with Crippen molar-refractivity contribution in [2.24, 2.45) is 11.8 Å². The summed E-state index contributed by atoms with van der Waals surface area (Å²) in [4.78, 5) is 17.0. The second kappa shape index (κ2) is 8.43. The van der Waals surface area contributed by atoms with Crippen LogP contribution in [0.5, 0.6) is 5.75 Å². The first-order chi connectivity index (χ1) is 12.5. The Bertz CT molecular complexity index is 579. The van der Waals surface area contributed by atoms with Gasteiger partial charge in [0, 0.05) is 32.1 Å². The van der Waals surface area contributed by atoms with Crippen LogP contribution in [0.15, 0.2) is 30.3 Å². The van der Waals surface area contributed by atoms with E-state index >= 15 is 0 Å². The predicted octanol–water partition coefficient (Wildman–Crippen LogP) is 3.81. The maximum absolute atomic E-state index is 12.3. The van der Waals surface area contributed by atoms with Crippen molar-refractivity contribution in [3.8, 4) is 5.75 Å².